The number of hydrogen-bond acceptors (Lipinski definition) is 6. The Morgan fingerprint density at radius 2 is 1.90 bits per heavy atom. The number of nitrogens with zero attached hydrogens (tertiary/aromatic N) is 6. The van der Waals surface area contributed by atoms with Crippen molar-refractivity contribution < 1.29 is 13.6 Å². The number of piperidine rings is 1. The molecule has 3 aliphatic rings. The molecule has 2 aromatic rings. The summed E-state index contributed by atoms with van der Waals surface area (Å²) in [4.78, 5) is 26.4. The first kappa shape index (κ1) is 31.0. The number of carbonyl (C=O) groups excluding carboxylic acids is 1. The molecule has 0 atom stereocenters. The Bertz CT molecular complexity index is 1360. The molecule has 0 bridgehead atoms. The number of benzene rings is 1. The average molecular weight is 707 g/mol. The van der Waals surface area contributed by atoms with Crippen molar-refractivity contribution in [2.75, 3.05) is 36.0 Å². The Labute approximate surface area is 266 Å². The highest BCUT2D eigenvalue weighted by Gasteiger charge is 2.49. The molecule has 1 aromatic heterocycles. The van der Waals surface area contributed by atoms with Crippen molar-refractivity contribution in [1.29, 1.82) is 5.26 Å². The molecule has 3 heterocycles. The highest BCUT2D eigenvalue weighted by atomic mass is 127. The summed E-state index contributed by atoms with van der Waals surface area (Å²) in [6.45, 7) is 10.5. The largest absolute Gasteiger partial charge is 0.357 e. The van der Waals surface area contributed by atoms with Gasteiger partial charge in [0, 0.05) is 61.0 Å². The van der Waals surface area contributed by atoms with Gasteiger partial charge in [0.15, 0.2) is 5.11 Å². The summed E-state index contributed by atoms with van der Waals surface area (Å²) in [5.41, 5.74) is -0.460. The fourth-order valence-corrected chi connectivity index (χ4v) is 7.10. The third kappa shape index (κ3) is 6.13. The molecule has 11 heteroatoms. The monoisotopic (exact) mass is 706 g/mol. The third-order valence-corrected chi connectivity index (χ3v) is 10.1. The van der Waals surface area contributed by atoms with E-state index in [0.29, 0.717) is 6.54 Å². The minimum Gasteiger partial charge on any atom is -0.357 e. The van der Waals surface area contributed by atoms with Crippen LogP contribution in [0.5, 0.6) is 0 Å². The molecule has 0 spiro atoms. The van der Waals surface area contributed by atoms with Gasteiger partial charge in [-0.25, -0.2) is 4.98 Å². The van der Waals surface area contributed by atoms with E-state index in [1.165, 1.54) is 61.7 Å². The topological polar surface area (TPSA) is 66.7 Å². The number of aromatic nitrogens is 1. The summed E-state index contributed by atoms with van der Waals surface area (Å²) in [6.07, 6.45) is 8.24. The molecule has 1 saturated carbocycles. The van der Waals surface area contributed by atoms with Crippen molar-refractivity contribution in [3.05, 3.63) is 53.2 Å². The van der Waals surface area contributed by atoms with E-state index in [1.54, 1.807) is 24.8 Å². The van der Waals surface area contributed by atoms with Gasteiger partial charge in [-0.3, -0.25) is 9.69 Å². The second kappa shape index (κ2) is 12.3. The van der Waals surface area contributed by atoms with E-state index >= 15 is 0 Å². The molecule has 42 heavy (non-hydrogen) atoms. The van der Waals surface area contributed by atoms with Crippen molar-refractivity contribution in [3.63, 3.8) is 0 Å². The lowest BCUT2D eigenvalue weighted by molar-refractivity contribution is -0.123. The second-order valence-corrected chi connectivity index (χ2v) is 13.8. The zero-order valence-electron chi connectivity index (χ0n) is 24.3. The van der Waals surface area contributed by atoms with Gasteiger partial charge in [0.1, 0.15) is 11.4 Å². The molecule has 0 N–H and O–H groups in total. The van der Waals surface area contributed by atoms with Crippen LogP contribution in [-0.2, 0) is 15.3 Å². The number of hydrogen-bond donors (Lipinski definition) is 0. The van der Waals surface area contributed by atoms with Crippen LogP contribution in [0.2, 0.25) is 0 Å². The van der Waals surface area contributed by atoms with Crippen LogP contribution in [0.4, 0.5) is 20.3 Å². The fraction of sp³-hybridized carbons (Fsp3) is 0.548. The summed E-state index contributed by atoms with van der Waals surface area (Å²) in [7, 11) is 0. The van der Waals surface area contributed by atoms with Crippen molar-refractivity contribution in [1.82, 2.24) is 14.8 Å². The first-order chi connectivity index (χ1) is 19.9. The maximum absolute atomic E-state index is 14.3. The Hall–Kier alpha value is -2.43. The van der Waals surface area contributed by atoms with Gasteiger partial charge >= 0.3 is 3.93 Å². The summed E-state index contributed by atoms with van der Waals surface area (Å²) >= 11 is 6.71. The van der Waals surface area contributed by atoms with Crippen LogP contribution in [-0.4, -0.2) is 63.6 Å². The lowest BCUT2D eigenvalue weighted by Gasteiger charge is -2.41. The normalized spacial score (nSPS) is 19.9. The van der Waals surface area contributed by atoms with Crippen LogP contribution in [0.1, 0.15) is 69.6 Å². The van der Waals surface area contributed by atoms with E-state index in [1.807, 2.05) is 18.3 Å². The van der Waals surface area contributed by atoms with E-state index in [4.69, 9.17) is 17.2 Å². The summed E-state index contributed by atoms with van der Waals surface area (Å²) in [5, 5.41) is 9.53. The Morgan fingerprint density at radius 3 is 2.45 bits per heavy atom. The molecule has 1 aromatic carbocycles. The second-order valence-electron chi connectivity index (χ2n) is 12.0. The fourth-order valence-electron chi connectivity index (χ4n) is 6.18. The van der Waals surface area contributed by atoms with Gasteiger partial charge in [0.05, 0.1) is 22.9 Å². The zero-order chi connectivity index (χ0) is 30.2. The van der Waals surface area contributed by atoms with Crippen LogP contribution in [0.15, 0.2) is 36.5 Å². The SMILES string of the molecule is CCN(CC1CCN(c2ccc(CN3C(=S)N(c4ccc(C#N)c(C(F)(F)I)c4)C(=O)C3(C)C)cn2)CC1)C1CCC1. The third-order valence-electron chi connectivity index (χ3n) is 9.09. The quantitative estimate of drug-likeness (QED) is 0.169. The number of alkyl halides is 3. The smallest absolute Gasteiger partial charge is 0.322 e. The predicted molar refractivity (Wildman–Crippen MR) is 173 cm³/mol. The molecule has 0 radical (unpaired) electrons. The number of thiocarbonyl (C=S) groups is 1. The molecule has 1 amide bonds. The molecular weight excluding hydrogens is 669 g/mol. The molecule has 0 unspecified atom stereocenters. The molecule has 2 aliphatic heterocycles. The molecule has 224 valence electrons. The van der Waals surface area contributed by atoms with Crippen LogP contribution in [0.3, 0.4) is 0 Å². The number of rotatable bonds is 9. The number of amides is 1. The van der Waals surface area contributed by atoms with Gasteiger partial charge in [-0.15, -0.1) is 0 Å². The number of pyridine rings is 1. The van der Waals surface area contributed by atoms with Gasteiger partial charge < -0.3 is 14.7 Å². The molecule has 1 aliphatic carbocycles. The standard InChI is InChI=1S/C31H37F2IN6OS/c1-4-37(24-6-5-7-24)19-21-12-14-38(15-13-21)27-11-8-22(18-36-27)20-39-29(42)40(28(41)30(39,2)3)25-10-9-23(17-35)26(16-25)31(32,33)34/h8-11,16,18,21,24H,4-7,12-15,19-20H2,1-3H3. The Kier molecular flexibility index (Phi) is 9.07. The Morgan fingerprint density at radius 1 is 1.19 bits per heavy atom. The highest BCUT2D eigenvalue weighted by molar-refractivity contribution is 14.1. The van der Waals surface area contributed by atoms with Gasteiger partial charge in [-0.2, -0.15) is 14.0 Å². The minimum atomic E-state index is -3.27. The van der Waals surface area contributed by atoms with E-state index in [2.05, 4.69) is 16.7 Å². The molecule has 3 fully saturated rings. The van der Waals surface area contributed by atoms with E-state index in [0.717, 1.165) is 65.6 Å². The summed E-state index contributed by atoms with van der Waals surface area (Å²) < 4.78 is 25.2. The van der Waals surface area contributed by atoms with Crippen molar-refractivity contribution >= 4 is 57.3 Å². The lowest BCUT2D eigenvalue weighted by Crippen LogP contribution is -2.45. The van der Waals surface area contributed by atoms with E-state index in [-0.39, 0.29) is 22.3 Å². The summed E-state index contributed by atoms with van der Waals surface area (Å²) in [6, 6.07) is 10.6. The molecule has 7 nitrogen and oxygen atoms in total. The molecule has 5 rings (SSSR count). The highest BCUT2D eigenvalue weighted by Crippen LogP contribution is 2.41. The van der Waals surface area contributed by atoms with Crippen LogP contribution < -0.4 is 9.80 Å². The van der Waals surface area contributed by atoms with Gasteiger partial charge in [-0.1, -0.05) is 19.4 Å². The molecular formula is C31H37F2IN6OS. The van der Waals surface area contributed by atoms with Crippen LogP contribution in [0, 0.1) is 17.2 Å². The van der Waals surface area contributed by atoms with Crippen molar-refractivity contribution in [2.45, 2.75) is 74.9 Å². The maximum atomic E-state index is 14.3. The number of anilines is 2. The number of halogens is 3. The number of carbonyl (C=O) groups is 1. The predicted octanol–water partition coefficient (Wildman–Crippen LogP) is 6.44. The van der Waals surface area contributed by atoms with Crippen LogP contribution in [0.25, 0.3) is 0 Å². The van der Waals surface area contributed by atoms with E-state index in [9.17, 15) is 18.8 Å². The summed E-state index contributed by atoms with van der Waals surface area (Å²) in [5.74, 6) is 1.37. The maximum Gasteiger partial charge on any atom is 0.322 e. The van der Waals surface area contributed by atoms with Crippen molar-refractivity contribution in [3.8, 4) is 6.07 Å². The number of nitriles is 1. The lowest BCUT2D eigenvalue weighted by atomic mass is 9.89. The average Bonchev–Trinajstić information content (AvgIpc) is 3.10. The van der Waals surface area contributed by atoms with Crippen molar-refractivity contribution in [2.24, 2.45) is 5.92 Å². The van der Waals surface area contributed by atoms with Gasteiger partial charge in [0.25, 0.3) is 5.91 Å². The minimum absolute atomic E-state index is 0.140. The van der Waals surface area contributed by atoms with Gasteiger partial charge in [-0.05, 0) is 94.0 Å². The molecule has 2 saturated heterocycles. The Balaban J connectivity index is 1.24. The van der Waals surface area contributed by atoms with E-state index < -0.39 is 15.0 Å². The van der Waals surface area contributed by atoms with Gasteiger partial charge in [0.2, 0.25) is 0 Å². The first-order valence-corrected chi connectivity index (χ1v) is 16.1. The zero-order valence-corrected chi connectivity index (χ0v) is 27.3. The first-order valence-electron chi connectivity index (χ1n) is 14.7. The van der Waals surface area contributed by atoms with Crippen LogP contribution >= 0.6 is 34.8 Å².